The second-order valence-electron chi connectivity index (χ2n) is 7.73. The first-order chi connectivity index (χ1) is 14.6. The second kappa shape index (κ2) is 13.7. The highest BCUT2D eigenvalue weighted by atomic mass is 127. The number of hydrogen-bond donors (Lipinski definition) is 2. The van der Waals surface area contributed by atoms with Crippen molar-refractivity contribution < 1.29 is 19.0 Å². The zero-order valence-electron chi connectivity index (χ0n) is 18.3. The Bertz CT molecular complexity index is 705. The lowest BCUT2D eigenvalue weighted by Crippen LogP contribution is -2.47. The number of ether oxygens (including phenoxy) is 3. The van der Waals surface area contributed by atoms with E-state index in [9.17, 15) is 4.79 Å². The van der Waals surface area contributed by atoms with E-state index in [4.69, 9.17) is 24.9 Å². The molecule has 2 fully saturated rings. The molecule has 2 aliphatic heterocycles. The summed E-state index contributed by atoms with van der Waals surface area (Å²) in [6.07, 6.45) is 4.83. The van der Waals surface area contributed by atoms with Crippen molar-refractivity contribution in [3.63, 3.8) is 0 Å². The molecule has 174 valence electrons. The standard InChI is InChI=1S/C22H34N4O4.HI/c1-2-24-22(25-14-17-5-3-6-19(13-17)30-16-21(23)27)26-10-8-18(9-11-26)29-15-20-7-4-12-28-20;/h3,5-6,13,18,20H,2,4,7-12,14-16H2,1H3,(H2,23,27)(H,24,25);1H. The van der Waals surface area contributed by atoms with Gasteiger partial charge in [0.1, 0.15) is 5.75 Å². The number of primary amides is 1. The Kier molecular flexibility index (Phi) is 11.4. The normalized spacial score (nSPS) is 19.7. The molecule has 9 heteroatoms. The highest BCUT2D eigenvalue weighted by Gasteiger charge is 2.24. The number of carbonyl (C=O) groups excluding carboxylic acids is 1. The van der Waals surface area contributed by atoms with Crippen molar-refractivity contribution in [2.75, 3.05) is 39.5 Å². The number of guanidine groups is 1. The van der Waals surface area contributed by atoms with Gasteiger partial charge in [-0.25, -0.2) is 4.99 Å². The number of rotatable bonds is 9. The highest BCUT2D eigenvalue weighted by molar-refractivity contribution is 14.0. The zero-order chi connectivity index (χ0) is 21.2. The van der Waals surface area contributed by atoms with Crippen LogP contribution in [-0.2, 0) is 20.8 Å². The van der Waals surface area contributed by atoms with Gasteiger partial charge in [-0.1, -0.05) is 12.1 Å². The summed E-state index contributed by atoms with van der Waals surface area (Å²) in [5.74, 6) is 1.05. The smallest absolute Gasteiger partial charge is 0.255 e. The number of nitrogens with zero attached hydrogens (tertiary/aromatic N) is 2. The fourth-order valence-corrected chi connectivity index (χ4v) is 3.73. The van der Waals surface area contributed by atoms with Crippen LogP contribution in [0.3, 0.4) is 0 Å². The van der Waals surface area contributed by atoms with Crippen LogP contribution in [-0.4, -0.2) is 68.4 Å². The number of benzene rings is 1. The van der Waals surface area contributed by atoms with E-state index >= 15 is 0 Å². The molecule has 1 amide bonds. The van der Waals surface area contributed by atoms with Gasteiger partial charge in [0.2, 0.25) is 0 Å². The quantitative estimate of drug-likeness (QED) is 0.280. The Morgan fingerprint density at radius 1 is 1.32 bits per heavy atom. The van der Waals surface area contributed by atoms with E-state index in [-0.39, 0.29) is 36.7 Å². The molecule has 0 spiro atoms. The molecule has 8 nitrogen and oxygen atoms in total. The topological polar surface area (TPSA) is 98.4 Å². The van der Waals surface area contributed by atoms with Gasteiger partial charge >= 0.3 is 0 Å². The molecule has 3 rings (SSSR count). The Morgan fingerprint density at radius 3 is 2.81 bits per heavy atom. The van der Waals surface area contributed by atoms with Gasteiger partial charge in [0.25, 0.3) is 5.91 Å². The average Bonchev–Trinajstić information content (AvgIpc) is 3.28. The summed E-state index contributed by atoms with van der Waals surface area (Å²) in [6, 6.07) is 7.59. The number of nitrogens with two attached hydrogens (primary N) is 1. The molecule has 0 bridgehead atoms. The third-order valence-electron chi connectivity index (χ3n) is 5.31. The van der Waals surface area contributed by atoms with Crippen LogP contribution in [0.2, 0.25) is 0 Å². The number of amides is 1. The Labute approximate surface area is 201 Å². The van der Waals surface area contributed by atoms with Crippen LogP contribution in [0, 0.1) is 0 Å². The summed E-state index contributed by atoms with van der Waals surface area (Å²) >= 11 is 0. The Balaban J connectivity index is 0.00000341. The first kappa shape index (κ1) is 25.7. The minimum Gasteiger partial charge on any atom is -0.484 e. The van der Waals surface area contributed by atoms with Gasteiger partial charge in [0, 0.05) is 26.2 Å². The van der Waals surface area contributed by atoms with Crippen molar-refractivity contribution in [2.45, 2.75) is 51.4 Å². The van der Waals surface area contributed by atoms with Gasteiger partial charge in [0.05, 0.1) is 25.4 Å². The predicted molar refractivity (Wildman–Crippen MR) is 131 cm³/mol. The van der Waals surface area contributed by atoms with Gasteiger partial charge < -0.3 is 30.2 Å². The number of halogens is 1. The van der Waals surface area contributed by atoms with E-state index in [0.29, 0.717) is 25.0 Å². The average molecular weight is 546 g/mol. The van der Waals surface area contributed by atoms with Gasteiger partial charge in [-0.05, 0) is 50.3 Å². The molecule has 1 unspecified atom stereocenters. The van der Waals surface area contributed by atoms with E-state index in [0.717, 1.165) is 63.4 Å². The van der Waals surface area contributed by atoms with Crippen LogP contribution in [0.1, 0.15) is 38.2 Å². The minimum absolute atomic E-state index is 0. The lowest BCUT2D eigenvalue weighted by Gasteiger charge is -2.34. The molecule has 0 saturated carbocycles. The molecular weight excluding hydrogens is 511 g/mol. The van der Waals surface area contributed by atoms with Crippen LogP contribution in [0.4, 0.5) is 0 Å². The molecule has 1 aromatic carbocycles. The number of nitrogens with one attached hydrogen (secondary N) is 1. The van der Waals surface area contributed by atoms with E-state index in [1.807, 2.05) is 24.3 Å². The predicted octanol–water partition coefficient (Wildman–Crippen LogP) is 2.29. The van der Waals surface area contributed by atoms with Crippen LogP contribution in [0.25, 0.3) is 0 Å². The lowest BCUT2D eigenvalue weighted by atomic mass is 10.1. The van der Waals surface area contributed by atoms with Gasteiger partial charge in [-0.3, -0.25) is 4.79 Å². The lowest BCUT2D eigenvalue weighted by molar-refractivity contribution is -0.119. The van der Waals surface area contributed by atoms with Crippen molar-refractivity contribution in [1.82, 2.24) is 10.2 Å². The van der Waals surface area contributed by atoms with Crippen LogP contribution in [0.5, 0.6) is 5.75 Å². The maximum atomic E-state index is 10.9. The van der Waals surface area contributed by atoms with Gasteiger partial charge in [0.15, 0.2) is 12.6 Å². The van der Waals surface area contributed by atoms with Crippen LogP contribution in [0.15, 0.2) is 29.3 Å². The first-order valence-electron chi connectivity index (χ1n) is 10.9. The minimum atomic E-state index is -0.490. The van der Waals surface area contributed by atoms with Crippen molar-refractivity contribution in [1.29, 1.82) is 0 Å². The zero-order valence-corrected chi connectivity index (χ0v) is 20.6. The maximum absolute atomic E-state index is 10.9. The molecule has 31 heavy (non-hydrogen) atoms. The molecule has 0 aliphatic carbocycles. The largest absolute Gasteiger partial charge is 0.484 e. The summed E-state index contributed by atoms with van der Waals surface area (Å²) in [6.45, 7) is 6.72. The van der Waals surface area contributed by atoms with E-state index < -0.39 is 5.91 Å². The maximum Gasteiger partial charge on any atom is 0.255 e. The van der Waals surface area contributed by atoms with Crippen molar-refractivity contribution in [2.24, 2.45) is 10.7 Å². The van der Waals surface area contributed by atoms with E-state index in [2.05, 4.69) is 17.1 Å². The number of piperidine rings is 1. The van der Waals surface area contributed by atoms with E-state index in [1.165, 1.54) is 0 Å². The molecule has 1 atom stereocenters. The van der Waals surface area contributed by atoms with Crippen LogP contribution < -0.4 is 15.8 Å². The highest BCUT2D eigenvalue weighted by Crippen LogP contribution is 2.18. The molecule has 2 saturated heterocycles. The third-order valence-corrected chi connectivity index (χ3v) is 5.31. The SMILES string of the molecule is CCNC(=NCc1cccc(OCC(N)=O)c1)N1CCC(OCC2CCCO2)CC1.I. The number of hydrogen-bond acceptors (Lipinski definition) is 5. The fraction of sp³-hybridized carbons (Fsp3) is 0.636. The number of carbonyl (C=O) groups is 1. The molecular formula is C22H35IN4O4. The molecule has 2 aliphatic rings. The molecule has 1 aromatic rings. The molecule has 2 heterocycles. The molecule has 0 radical (unpaired) electrons. The number of aliphatic imine (C=N–C) groups is 1. The van der Waals surface area contributed by atoms with Crippen molar-refractivity contribution in [3.05, 3.63) is 29.8 Å². The third kappa shape index (κ3) is 8.82. The van der Waals surface area contributed by atoms with Crippen molar-refractivity contribution in [3.8, 4) is 5.75 Å². The summed E-state index contributed by atoms with van der Waals surface area (Å²) < 4.78 is 17.1. The van der Waals surface area contributed by atoms with Gasteiger partial charge in [-0.2, -0.15) is 0 Å². The summed E-state index contributed by atoms with van der Waals surface area (Å²) in [5.41, 5.74) is 6.15. The molecule has 3 N–H and O–H groups in total. The first-order valence-corrected chi connectivity index (χ1v) is 10.9. The monoisotopic (exact) mass is 546 g/mol. The summed E-state index contributed by atoms with van der Waals surface area (Å²) in [5, 5.41) is 3.39. The van der Waals surface area contributed by atoms with Crippen LogP contribution >= 0.6 is 24.0 Å². The number of likely N-dealkylation sites (tertiary alicyclic amines) is 1. The Morgan fingerprint density at radius 2 is 2.13 bits per heavy atom. The molecule has 0 aromatic heterocycles. The summed E-state index contributed by atoms with van der Waals surface area (Å²) in [7, 11) is 0. The van der Waals surface area contributed by atoms with Gasteiger partial charge in [-0.15, -0.1) is 24.0 Å². The Hall–Kier alpha value is -1.59. The fourth-order valence-electron chi connectivity index (χ4n) is 3.73. The van der Waals surface area contributed by atoms with E-state index in [1.54, 1.807) is 0 Å². The second-order valence-corrected chi connectivity index (χ2v) is 7.73. The summed E-state index contributed by atoms with van der Waals surface area (Å²) in [4.78, 5) is 18.0. The van der Waals surface area contributed by atoms with Crippen molar-refractivity contribution >= 4 is 35.8 Å².